The maximum Gasteiger partial charge on any atom is 0.263 e. The Kier molecular flexibility index (Phi) is 3.47. The number of rotatable bonds is 2. The highest BCUT2D eigenvalue weighted by Crippen LogP contribution is 2.26. The highest BCUT2D eigenvalue weighted by atomic mass is 16.1. The van der Waals surface area contributed by atoms with Gasteiger partial charge in [-0.05, 0) is 45.2 Å². The minimum atomic E-state index is 0.0937. The zero-order valence-electron chi connectivity index (χ0n) is 12.2. The van der Waals surface area contributed by atoms with E-state index in [9.17, 15) is 4.79 Å². The van der Waals surface area contributed by atoms with Gasteiger partial charge in [0.05, 0.1) is 16.6 Å². The van der Waals surface area contributed by atoms with Crippen LogP contribution < -0.4 is 10.5 Å². The lowest BCUT2D eigenvalue weighted by Crippen LogP contribution is -2.32. The molecule has 1 aliphatic rings. The second-order valence-electron chi connectivity index (χ2n) is 5.43. The number of hydrogen-bond acceptors (Lipinski definition) is 3. The maximum absolute atomic E-state index is 12.7. The second kappa shape index (κ2) is 5.27. The van der Waals surface area contributed by atoms with Crippen LogP contribution in [0, 0.1) is 6.92 Å². The highest BCUT2D eigenvalue weighted by molar-refractivity contribution is 5.91. The molecule has 0 saturated carbocycles. The van der Waals surface area contributed by atoms with Gasteiger partial charge in [-0.1, -0.05) is 6.07 Å². The van der Waals surface area contributed by atoms with Gasteiger partial charge in [-0.2, -0.15) is 0 Å². The molecule has 1 saturated heterocycles. The summed E-state index contributed by atoms with van der Waals surface area (Å²) in [5.41, 5.74) is 1.97. The molecule has 3 rings (SSSR count). The van der Waals surface area contributed by atoms with Crippen LogP contribution in [0.3, 0.4) is 0 Å². The summed E-state index contributed by atoms with van der Waals surface area (Å²) in [4.78, 5) is 19.7. The van der Waals surface area contributed by atoms with E-state index in [-0.39, 0.29) is 5.56 Å². The monoisotopic (exact) mass is 271 g/mol. The van der Waals surface area contributed by atoms with Gasteiger partial charge in [-0.3, -0.25) is 9.36 Å². The van der Waals surface area contributed by atoms with Crippen LogP contribution >= 0.6 is 0 Å². The third kappa shape index (κ3) is 2.09. The molecule has 1 fully saturated rings. The number of hydrogen-bond donors (Lipinski definition) is 0. The van der Waals surface area contributed by atoms with E-state index in [0.29, 0.717) is 6.54 Å². The van der Waals surface area contributed by atoms with Crippen molar-refractivity contribution in [3.8, 4) is 0 Å². The molecule has 106 valence electrons. The molecule has 1 aromatic carbocycles. The Labute approximate surface area is 119 Å². The van der Waals surface area contributed by atoms with Gasteiger partial charge in [-0.25, -0.2) is 4.98 Å². The standard InChI is InChI=1S/C16H21N3O/c1-3-19-12(2)17-13-8-7-9-14(15(13)16(19)20)18-10-5-4-6-11-18/h7-9H,3-6,10-11H2,1-2H3. The first kappa shape index (κ1) is 13.2. The molecule has 0 aliphatic carbocycles. The normalized spacial score (nSPS) is 15.8. The molecule has 0 spiro atoms. The molecule has 4 heteroatoms. The topological polar surface area (TPSA) is 38.1 Å². The van der Waals surface area contributed by atoms with Gasteiger partial charge in [-0.15, -0.1) is 0 Å². The average Bonchev–Trinajstić information content (AvgIpc) is 2.48. The van der Waals surface area contributed by atoms with Gasteiger partial charge >= 0.3 is 0 Å². The minimum Gasteiger partial charge on any atom is -0.371 e. The van der Waals surface area contributed by atoms with Crippen LogP contribution in [0.2, 0.25) is 0 Å². The zero-order chi connectivity index (χ0) is 14.1. The number of nitrogens with zero attached hydrogens (tertiary/aromatic N) is 3. The van der Waals surface area contributed by atoms with Gasteiger partial charge in [0.15, 0.2) is 0 Å². The van der Waals surface area contributed by atoms with E-state index in [0.717, 1.165) is 35.5 Å². The molecule has 2 aromatic rings. The fourth-order valence-corrected chi connectivity index (χ4v) is 3.13. The lowest BCUT2D eigenvalue weighted by atomic mass is 10.1. The Hall–Kier alpha value is -1.84. The summed E-state index contributed by atoms with van der Waals surface area (Å²) < 4.78 is 1.76. The Morgan fingerprint density at radius 1 is 1.20 bits per heavy atom. The van der Waals surface area contributed by atoms with Crippen molar-refractivity contribution in [1.29, 1.82) is 0 Å². The van der Waals surface area contributed by atoms with Crippen molar-refractivity contribution in [2.45, 2.75) is 39.7 Å². The predicted octanol–water partition coefficient (Wildman–Crippen LogP) is 2.72. The third-order valence-corrected chi connectivity index (χ3v) is 4.17. The molecule has 20 heavy (non-hydrogen) atoms. The summed E-state index contributed by atoms with van der Waals surface area (Å²) in [6, 6.07) is 6.01. The molecular formula is C16H21N3O. The first-order chi connectivity index (χ1) is 9.72. The SMILES string of the molecule is CCn1c(C)nc2cccc(N3CCCCC3)c2c1=O. The number of fused-ring (bicyclic) bond motifs is 1. The van der Waals surface area contributed by atoms with Crippen LogP contribution in [0.25, 0.3) is 10.9 Å². The van der Waals surface area contributed by atoms with Gasteiger partial charge < -0.3 is 4.90 Å². The number of benzene rings is 1. The van der Waals surface area contributed by atoms with E-state index >= 15 is 0 Å². The van der Waals surface area contributed by atoms with Gasteiger partial charge in [0.2, 0.25) is 0 Å². The van der Waals surface area contributed by atoms with Crippen molar-refractivity contribution in [2.24, 2.45) is 0 Å². The molecule has 4 nitrogen and oxygen atoms in total. The van der Waals surface area contributed by atoms with Crippen LogP contribution in [0.5, 0.6) is 0 Å². The first-order valence-electron chi connectivity index (χ1n) is 7.47. The van der Waals surface area contributed by atoms with Crippen LogP contribution in [-0.4, -0.2) is 22.6 Å². The molecule has 0 atom stereocenters. The van der Waals surface area contributed by atoms with Crippen LogP contribution in [0.15, 0.2) is 23.0 Å². The van der Waals surface area contributed by atoms with E-state index < -0.39 is 0 Å². The lowest BCUT2D eigenvalue weighted by Gasteiger charge is -2.29. The van der Waals surface area contributed by atoms with Gasteiger partial charge in [0.25, 0.3) is 5.56 Å². The van der Waals surface area contributed by atoms with Crippen LogP contribution in [0.1, 0.15) is 32.0 Å². The Morgan fingerprint density at radius 3 is 2.65 bits per heavy atom. The fourth-order valence-electron chi connectivity index (χ4n) is 3.13. The Balaban J connectivity index is 2.24. The largest absolute Gasteiger partial charge is 0.371 e. The van der Waals surface area contributed by atoms with E-state index in [4.69, 9.17) is 0 Å². The lowest BCUT2D eigenvalue weighted by molar-refractivity contribution is 0.578. The van der Waals surface area contributed by atoms with Crippen LogP contribution in [0.4, 0.5) is 5.69 Å². The van der Waals surface area contributed by atoms with Gasteiger partial charge in [0, 0.05) is 19.6 Å². The smallest absolute Gasteiger partial charge is 0.263 e. The molecule has 0 bridgehead atoms. The quantitative estimate of drug-likeness (QED) is 0.843. The van der Waals surface area contributed by atoms with Crippen molar-refractivity contribution >= 4 is 16.6 Å². The minimum absolute atomic E-state index is 0.0937. The molecule has 0 N–H and O–H groups in total. The van der Waals surface area contributed by atoms with E-state index in [1.165, 1.54) is 19.3 Å². The Bertz CT molecular complexity index is 684. The summed E-state index contributed by atoms with van der Waals surface area (Å²) >= 11 is 0. The van der Waals surface area contributed by atoms with E-state index in [1.807, 2.05) is 26.0 Å². The zero-order valence-corrected chi connectivity index (χ0v) is 12.2. The Morgan fingerprint density at radius 2 is 1.95 bits per heavy atom. The number of aryl methyl sites for hydroxylation is 1. The first-order valence-corrected chi connectivity index (χ1v) is 7.47. The number of piperidine rings is 1. The summed E-state index contributed by atoms with van der Waals surface area (Å²) in [6.45, 7) is 6.64. The molecule has 0 amide bonds. The summed E-state index contributed by atoms with van der Waals surface area (Å²) in [7, 11) is 0. The number of anilines is 1. The second-order valence-corrected chi connectivity index (χ2v) is 5.43. The summed E-state index contributed by atoms with van der Waals surface area (Å²) in [6.07, 6.45) is 3.70. The number of aromatic nitrogens is 2. The van der Waals surface area contributed by atoms with Crippen molar-refractivity contribution in [3.63, 3.8) is 0 Å². The molecule has 2 heterocycles. The molecule has 1 aromatic heterocycles. The van der Waals surface area contributed by atoms with Crippen molar-refractivity contribution < 1.29 is 0 Å². The average molecular weight is 271 g/mol. The summed E-state index contributed by atoms with van der Waals surface area (Å²) in [5.74, 6) is 0.792. The van der Waals surface area contributed by atoms with Crippen LogP contribution in [-0.2, 0) is 6.54 Å². The molecule has 1 aliphatic heterocycles. The summed E-state index contributed by atoms with van der Waals surface area (Å²) in [5, 5.41) is 0.779. The molecule has 0 unspecified atom stereocenters. The van der Waals surface area contributed by atoms with Crippen molar-refractivity contribution in [2.75, 3.05) is 18.0 Å². The molecule has 0 radical (unpaired) electrons. The van der Waals surface area contributed by atoms with Crippen molar-refractivity contribution in [1.82, 2.24) is 9.55 Å². The maximum atomic E-state index is 12.7. The highest BCUT2D eigenvalue weighted by Gasteiger charge is 2.17. The van der Waals surface area contributed by atoms with E-state index in [2.05, 4.69) is 16.0 Å². The third-order valence-electron chi connectivity index (χ3n) is 4.17. The van der Waals surface area contributed by atoms with E-state index in [1.54, 1.807) is 4.57 Å². The van der Waals surface area contributed by atoms with Gasteiger partial charge in [0.1, 0.15) is 5.82 Å². The molecular weight excluding hydrogens is 250 g/mol. The predicted molar refractivity (Wildman–Crippen MR) is 82.5 cm³/mol. The fraction of sp³-hybridized carbons (Fsp3) is 0.500. The van der Waals surface area contributed by atoms with Crippen molar-refractivity contribution in [3.05, 3.63) is 34.4 Å².